The molecule has 1 rings (SSSR count). The Hall–Kier alpha value is -1.56. The molecule has 0 unspecified atom stereocenters. The third-order valence-corrected chi connectivity index (χ3v) is 2.62. The predicted molar refractivity (Wildman–Crippen MR) is 74.8 cm³/mol. The van der Waals surface area contributed by atoms with Crippen LogP contribution in [0.4, 0.5) is 5.82 Å². The average molecular weight is 287 g/mol. The second-order valence-electron chi connectivity index (χ2n) is 4.26. The van der Waals surface area contributed by atoms with Gasteiger partial charge in [0.15, 0.2) is 5.82 Å². The summed E-state index contributed by atoms with van der Waals surface area (Å²) in [4.78, 5) is 21.6. The predicted octanol–water partition coefficient (Wildman–Crippen LogP) is 1.49. The molecule has 0 aromatic carbocycles. The molecule has 0 bridgehead atoms. The Morgan fingerprint density at radius 1 is 1.58 bits per heavy atom. The second kappa shape index (κ2) is 7.13. The van der Waals surface area contributed by atoms with Crippen molar-refractivity contribution in [1.29, 1.82) is 0 Å². The van der Waals surface area contributed by atoms with Gasteiger partial charge in [-0.3, -0.25) is 4.79 Å². The van der Waals surface area contributed by atoms with E-state index in [0.29, 0.717) is 17.4 Å². The molecular weight excluding hydrogens is 268 g/mol. The molecule has 0 spiro atoms. The van der Waals surface area contributed by atoms with Crippen molar-refractivity contribution in [2.24, 2.45) is 0 Å². The second-order valence-corrected chi connectivity index (χ2v) is 4.67. The maximum atomic E-state index is 11.8. The van der Waals surface area contributed by atoms with Gasteiger partial charge in [-0.25, -0.2) is 4.98 Å². The van der Waals surface area contributed by atoms with E-state index in [2.05, 4.69) is 15.3 Å². The fourth-order valence-corrected chi connectivity index (χ4v) is 1.75. The first-order valence-electron chi connectivity index (χ1n) is 6.08. The zero-order chi connectivity index (χ0) is 14.4. The summed E-state index contributed by atoms with van der Waals surface area (Å²) in [5.74, 6) is 0.417. The lowest BCUT2D eigenvalue weighted by Crippen LogP contribution is -2.40. The lowest BCUT2D eigenvalue weighted by Gasteiger charge is -2.22. The molecule has 0 fully saturated rings. The summed E-state index contributed by atoms with van der Waals surface area (Å²) >= 11 is 6.06. The van der Waals surface area contributed by atoms with Gasteiger partial charge >= 0.3 is 6.01 Å². The molecule has 1 heterocycles. The SMILES string of the molecule is CCN(CC(=O)NC(C)C)c1nc(OC)ncc1Cl. The van der Waals surface area contributed by atoms with Gasteiger partial charge in [0, 0.05) is 12.6 Å². The highest BCUT2D eigenvalue weighted by Crippen LogP contribution is 2.23. The highest BCUT2D eigenvalue weighted by Gasteiger charge is 2.16. The summed E-state index contributed by atoms with van der Waals surface area (Å²) in [5.41, 5.74) is 0. The number of carbonyl (C=O) groups excluding carboxylic acids is 1. The van der Waals surface area contributed by atoms with E-state index in [4.69, 9.17) is 16.3 Å². The lowest BCUT2D eigenvalue weighted by molar-refractivity contribution is -0.120. The minimum absolute atomic E-state index is 0.0782. The van der Waals surface area contributed by atoms with E-state index in [-0.39, 0.29) is 24.5 Å². The number of halogens is 1. The molecule has 6 nitrogen and oxygen atoms in total. The van der Waals surface area contributed by atoms with Crippen LogP contribution in [0.15, 0.2) is 6.20 Å². The Kier molecular flexibility index (Phi) is 5.82. The van der Waals surface area contributed by atoms with E-state index in [1.807, 2.05) is 20.8 Å². The van der Waals surface area contributed by atoms with Crippen LogP contribution in [0.5, 0.6) is 6.01 Å². The van der Waals surface area contributed by atoms with Gasteiger partial charge in [0.1, 0.15) is 5.02 Å². The summed E-state index contributed by atoms with van der Waals surface area (Å²) in [6.45, 7) is 6.54. The summed E-state index contributed by atoms with van der Waals surface area (Å²) in [7, 11) is 1.48. The minimum atomic E-state index is -0.0782. The molecule has 7 heteroatoms. The molecule has 1 aromatic heterocycles. The average Bonchev–Trinajstić information content (AvgIpc) is 2.36. The summed E-state index contributed by atoms with van der Waals surface area (Å²) in [5, 5.41) is 3.22. The van der Waals surface area contributed by atoms with Crippen molar-refractivity contribution in [3.63, 3.8) is 0 Å². The zero-order valence-electron chi connectivity index (χ0n) is 11.6. The number of hydrogen-bond acceptors (Lipinski definition) is 5. The van der Waals surface area contributed by atoms with Crippen LogP contribution in [-0.2, 0) is 4.79 Å². The third-order valence-electron chi connectivity index (χ3n) is 2.35. The van der Waals surface area contributed by atoms with Crippen LogP contribution in [0.25, 0.3) is 0 Å². The Labute approximate surface area is 118 Å². The van der Waals surface area contributed by atoms with Crippen LogP contribution in [0, 0.1) is 0 Å². The number of ether oxygens (including phenoxy) is 1. The number of aromatic nitrogens is 2. The summed E-state index contributed by atoms with van der Waals surface area (Å²) in [6, 6.07) is 0.323. The smallest absolute Gasteiger partial charge is 0.318 e. The first-order chi connectivity index (χ1) is 8.97. The van der Waals surface area contributed by atoms with Crippen LogP contribution in [0.2, 0.25) is 5.02 Å². The Morgan fingerprint density at radius 2 is 2.26 bits per heavy atom. The molecule has 0 aliphatic heterocycles. The van der Waals surface area contributed by atoms with Crippen molar-refractivity contribution in [2.45, 2.75) is 26.8 Å². The Morgan fingerprint density at radius 3 is 2.79 bits per heavy atom. The van der Waals surface area contributed by atoms with Gasteiger partial charge in [0.05, 0.1) is 19.9 Å². The number of anilines is 1. The van der Waals surface area contributed by atoms with Crippen LogP contribution in [0.3, 0.4) is 0 Å². The van der Waals surface area contributed by atoms with Gasteiger partial charge < -0.3 is 15.0 Å². The van der Waals surface area contributed by atoms with Gasteiger partial charge in [-0.2, -0.15) is 4.98 Å². The Bertz CT molecular complexity index is 440. The number of hydrogen-bond donors (Lipinski definition) is 1. The van der Waals surface area contributed by atoms with E-state index < -0.39 is 0 Å². The molecule has 1 amide bonds. The summed E-state index contributed by atoms with van der Waals surface area (Å²) in [6.07, 6.45) is 1.46. The fourth-order valence-electron chi connectivity index (χ4n) is 1.54. The summed E-state index contributed by atoms with van der Waals surface area (Å²) < 4.78 is 4.97. The maximum Gasteiger partial charge on any atom is 0.318 e. The molecule has 1 aromatic rings. The van der Waals surface area contributed by atoms with Crippen molar-refractivity contribution in [2.75, 3.05) is 25.1 Å². The van der Waals surface area contributed by atoms with E-state index in [0.717, 1.165) is 0 Å². The standard InChI is InChI=1S/C12H19ClN4O2/c1-5-17(7-10(18)15-8(2)3)11-9(13)6-14-12(16-11)19-4/h6,8H,5,7H2,1-4H3,(H,15,18). The van der Waals surface area contributed by atoms with E-state index in [1.165, 1.54) is 13.3 Å². The maximum absolute atomic E-state index is 11.8. The van der Waals surface area contributed by atoms with Crippen LogP contribution < -0.4 is 15.0 Å². The van der Waals surface area contributed by atoms with Crippen LogP contribution in [0.1, 0.15) is 20.8 Å². The number of amides is 1. The quantitative estimate of drug-likeness (QED) is 0.858. The normalized spacial score (nSPS) is 10.4. The van der Waals surface area contributed by atoms with E-state index in [9.17, 15) is 4.79 Å². The van der Waals surface area contributed by atoms with Crippen molar-refractivity contribution in [3.05, 3.63) is 11.2 Å². The van der Waals surface area contributed by atoms with Gasteiger partial charge in [0.2, 0.25) is 5.91 Å². The molecular formula is C12H19ClN4O2. The number of nitrogens with zero attached hydrogens (tertiary/aromatic N) is 3. The van der Waals surface area contributed by atoms with E-state index >= 15 is 0 Å². The molecule has 19 heavy (non-hydrogen) atoms. The topological polar surface area (TPSA) is 67.4 Å². The van der Waals surface area contributed by atoms with Crippen molar-refractivity contribution in [1.82, 2.24) is 15.3 Å². The highest BCUT2D eigenvalue weighted by molar-refractivity contribution is 6.32. The molecule has 0 radical (unpaired) electrons. The first kappa shape index (κ1) is 15.5. The van der Waals surface area contributed by atoms with Gasteiger partial charge in [-0.1, -0.05) is 11.6 Å². The molecule has 1 N–H and O–H groups in total. The number of nitrogens with one attached hydrogen (secondary N) is 1. The Balaban J connectivity index is 2.87. The number of methoxy groups -OCH3 is 1. The first-order valence-corrected chi connectivity index (χ1v) is 6.46. The number of carbonyl (C=O) groups is 1. The number of likely N-dealkylation sites (N-methyl/N-ethyl adjacent to an activating group) is 1. The molecule has 0 saturated heterocycles. The van der Waals surface area contributed by atoms with E-state index in [1.54, 1.807) is 4.90 Å². The van der Waals surface area contributed by atoms with Gasteiger partial charge in [-0.05, 0) is 20.8 Å². The zero-order valence-corrected chi connectivity index (χ0v) is 12.4. The van der Waals surface area contributed by atoms with Crippen molar-refractivity contribution >= 4 is 23.3 Å². The largest absolute Gasteiger partial charge is 0.467 e. The lowest BCUT2D eigenvalue weighted by atomic mass is 10.3. The molecule has 0 atom stereocenters. The van der Waals surface area contributed by atoms with Crippen molar-refractivity contribution < 1.29 is 9.53 Å². The van der Waals surface area contributed by atoms with Gasteiger partial charge in [-0.15, -0.1) is 0 Å². The monoisotopic (exact) mass is 286 g/mol. The highest BCUT2D eigenvalue weighted by atomic mass is 35.5. The van der Waals surface area contributed by atoms with Crippen LogP contribution >= 0.6 is 11.6 Å². The molecule has 0 aliphatic carbocycles. The molecule has 0 saturated carbocycles. The van der Waals surface area contributed by atoms with Crippen molar-refractivity contribution in [3.8, 4) is 6.01 Å². The molecule has 0 aliphatic rings. The third kappa shape index (κ3) is 4.55. The van der Waals surface area contributed by atoms with Gasteiger partial charge in [0.25, 0.3) is 0 Å². The minimum Gasteiger partial charge on any atom is -0.467 e. The molecule has 106 valence electrons. The van der Waals surface area contributed by atoms with Crippen LogP contribution in [-0.4, -0.2) is 42.1 Å². The fraction of sp³-hybridized carbons (Fsp3) is 0.583. The number of rotatable bonds is 6.